The monoisotopic (exact) mass is 298 g/mol. The minimum absolute atomic E-state index is 0.312. The molecule has 0 aliphatic heterocycles. The average molecular weight is 298 g/mol. The van der Waals surface area contributed by atoms with Crippen molar-refractivity contribution in [3.63, 3.8) is 0 Å². The molecule has 0 aliphatic carbocycles. The van der Waals surface area contributed by atoms with E-state index in [1.807, 2.05) is 19.1 Å². The van der Waals surface area contributed by atoms with Crippen molar-refractivity contribution in [1.82, 2.24) is 15.0 Å². The fraction of sp³-hybridized carbons (Fsp3) is 0.471. The second-order valence-corrected chi connectivity index (χ2v) is 5.41. The summed E-state index contributed by atoms with van der Waals surface area (Å²) in [6.45, 7) is 7.33. The second-order valence-electron chi connectivity index (χ2n) is 5.41. The first-order chi connectivity index (χ1) is 10.7. The van der Waals surface area contributed by atoms with Gasteiger partial charge in [0, 0.05) is 6.54 Å². The SMILES string of the molecule is CCCCCn1nnc(C#N)c1COc1cccc(C)c1C. The number of nitrogens with zero attached hydrogens (tertiary/aromatic N) is 4. The highest BCUT2D eigenvalue weighted by Gasteiger charge is 2.14. The van der Waals surface area contributed by atoms with Crippen LogP contribution in [0.4, 0.5) is 0 Å². The third-order valence-electron chi connectivity index (χ3n) is 3.84. The number of aryl methyl sites for hydroxylation is 2. The number of rotatable bonds is 7. The van der Waals surface area contributed by atoms with E-state index in [0.29, 0.717) is 12.3 Å². The number of ether oxygens (including phenoxy) is 1. The number of nitriles is 1. The maximum absolute atomic E-state index is 9.18. The van der Waals surface area contributed by atoms with E-state index in [1.54, 1.807) is 4.68 Å². The van der Waals surface area contributed by atoms with Crippen molar-refractivity contribution in [2.75, 3.05) is 0 Å². The number of unbranched alkanes of at least 4 members (excludes halogenated alkanes) is 2. The van der Waals surface area contributed by atoms with Crippen molar-refractivity contribution in [3.05, 3.63) is 40.7 Å². The Bertz CT molecular complexity index is 670. The molecule has 1 aromatic carbocycles. The normalized spacial score (nSPS) is 10.5. The number of hydrogen-bond acceptors (Lipinski definition) is 4. The predicted octanol–water partition coefficient (Wildman–Crippen LogP) is 3.54. The van der Waals surface area contributed by atoms with E-state index in [9.17, 15) is 5.26 Å². The van der Waals surface area contributed by atoms with Crippen molar-refractivity contribution in [2.24, 2.45) is 0 Å². The van der Waals surface area contributed by atoms with Gasteiger partial charge in [0.2, 0.25) is 0 Å². The molecule has 0 saturated carbocycles. The molecule has 2 rings (SSSR count). The first-order valence-corrected chi connectivity index (χ1v) is 7.68. The van der Waals surface area contributed by atoms with Crippen molar-refractivity contribution >= 4 is 0 Å². The molecule has 0 unspecified atom stereocenters. The van der Waals surface area contributed by atoms with Gasteiger partial charge in [-0.25, -0.2) is 4.68 Å². The van der Waals surface area contributed by atoms with Crippen LogP contribution in [0.15, 0.2) is 18.2 Å². The van der Waals surface area contributed by atoms with Gasteiger partial charge in [-0.2, -0.15) is 5.26 Å². The molecule has 0 bridgehead atoms. The first-order valence-electron chi connectivity index (χ1n) is 7.68. The van der Waals surface area contributed by atoms with Gasteiger partial charge < -0.3 is 4.74 Å². The molecule has 5 nitrogen and oxygen atoms in total. The van der Waals surface area contributed by atoms with E-state index < -0.39 is 0 Å². The fourth-order valence-electron chi connectivity index (χ4n) is 2.28. The summed E-state index contributed by atoms with van der Waals surface area (Å²) in [4.78, 5) is 0. The van der Waals surface area contributed by atoms with E-state index in [2.05, 4.69) is 36.3 Å². The van der Waals surface area contributed by atoms with Crippen molar-refractivity contribution in [3.8, 4) is 11.8 Å². The summed E-state index contributed by atoms with van der Waals surface area (Å²) in [5, 5.41) is 17.2. The first kappa shape index (κ1) is 16.0. The smallest absolute Gasteiger partial charge is 0.189 e. The van der Waals surface area contributed by atoms with Crippen molar-refractivity contribution < 1.29 is 4.74 Å². The molecule has 0 N–H and O–H groups in total. The molecule has 1 aromatic heterocycles. The zero-order valence-electron chi connectivity index (χ0n) is 13.5. The van der Waals surface area contributed by atoms with Gasteiger partial charge in [-0.3, -0.25) is 0 Å². The van der Waals surface area contributed by atoms with Gasteiger partial charge >= 0.3 is 0 Å². The second kappa shape index (κ2) is 7.60. The highest BCUT2D eigenvalue weighted by molar-refractivity contribution is 5.38. The highest BCUT2D eigenvalue weighted by Crippen LogP contribution is 2.22. The minimum atomic E-state index is 0.312. The Labute approximate surface area is 131 Å². The molecular weight excluding hydrogens is 276 g/mol. The Balaban J connectivity index is 2.12. The molecule has 0 atom stereocenters. The Morgan fingerprint density at radius 2 is 2.09 bits per heavy atom. The predicted molar refractivity (Wildman–Crippen MR) is 84.5 cm³/mol. The lowest BCUT2D eigenvalue weighted by Gasteiger charge is -2.12. The lowest BCUT2D eigenvalue weighted by Crippen LogP contribution is -2.09. The van der Waals surface area contributed by atoms with E-state index in [0.717, 1.165) is 42.8 Å². The quantitative estimate of drug-likeness (QED) is 0.733. The fourth-order valence-corrected chi connectivity index (χ4v) is 2.28. The summed E-state index contributed by atoms with van der Waals surface area (Å²) < 4.78 is 7.69. The maximum atomic E-state index is 9.18. The lowest BCUT2D eigenvalue weighted by molar-refractivity contribution is 0.288. The van der Waals surface area contributed by atoms with Gasteiger partial charge in [0.25, 0.3) is 0 Å². The van der Waals surface area contributed by atoms with E-state index in [1.165, 1.54) is 5.56 Å². The van der Waals surface area contributed by atoms with Crippen LogP contribution in [0.2, 0.25) is 0 Å². The van der Waals surface area contributed by atoms with E-state index in [-0.39, 0.29) is 0 Å². The molecule has 0 amide bonds. The summed E-state index contributed by atoms with van der Waals surface area (Å²) in [5.41, 5.74) is 3.40. The van der Waals surface area contributed by atoms with E-state index >= 15 is 0 Å². The third-order valence-corrected chi connectivity index (χ3v) is 3.84. The van der Waals surface area contributed by atoms with Crippen LogP contribution in [0.1, 0.15) is 48.7 Å². The van der Waals surface area contributed by atoms with Gasteiger partial charge in [0.15, 0.2) is 5.69 Å². The number of benzene rings is 1. The van der Waals surface area contributed by atoms with Crippen LogP contribution in [-0.4, -0.2) is 15.0 Å². The van der Waals surface area contributed by atoms with Crippen molar-refractivity contribution in [1.29, 1.82) is 5.26 Å². The zero-order chi connectivity index (χ0) is 15.9. The summed E-state index contributed by atoms with van der Waals surface area (Å²) >= 11 is 0. The standard InChI is InChI=1S/C17H22N4O/c1-4-5-6-10-21-16(15(11-18)19-20-21)12-22-17-9-7-8-13(2)14(17)3/h7-9H,4-6,10,12H2,1-3H3. The van der Waals surface area contributed by atoms with Crippen LogP contribution < -0.4 is 4.74 Å². The Hall–Kier alpha value is -2.35. The molecule has 0 aliphatic rings. The minimum Gasteiger partial charge on any atom is -0.487 e. The van der Waals surface area contributed by atoms with Crippen LogP contribution >= 0.6 is 0 Å². The van der Waals surface area contributed by atoms with E-state index in [4.69, 9.17) is 4.74 Å². The molecular formula is C17H22N4O. The summed E-state index contributed by atoms with van der Waals surface area (Å²) in [7, 11) is 0. The zero-order valence-corrected chi connectivity index (χ0v) is 13.5. The molecule has 22 heavy (non-hydrogen) atoms. The molecule has 0 fully saturated rings. The summed E-state index contributed by atoms with van der Waals surface area (Å²) in [6, 6.07) is 8.07. The Morgan fingerprint density at radius 1 is 1.27 bits per heavy atom. The molecule has 0 radical (unpaired) electrons. The van der Waals surface area contributed by atoms with Crippen molar-refractivity contribution in [2.45, 2.75) is 53.2 Å². The molecule has 1 heterocycles. The number of aromatic nitrogens is 3. The average Bonchev–Trinajstić information content (AvgIpc) is 2.91. The largest absolute Gasteiger partial charge is 0.487 e. The van der Waals surface area contributed by atoms with Gasteiger partial charge in [-0.05, 0) is 37.5 Å². The van der Waals surface area contributed by atoms with Gasteiger partial charge in [-0.1, -0.05) is 37.1 Å². The molecule has 0 saturated heterocycles. The lowest BCUT2D eigenvalue weighted by atomic mass is 10.1. The molecule has 0 spiro atoms. The van der Waals surface area contributed by atoms with Crippen LogP contribution in [-0.2, 0) is 13.2 Å². The Kier molecular flexibility index (Phi) is 5.54. The molecule has 116 valence electrons. The maximum Gasteiger partial charge on any atom is 0.189 e. The highest BCUT2D eigenvalue weighted by atomic mass is 16.5. The summed E-state index contributed by atoms with van der Waals surface area (Å²) in [5.74, 6) is 0.838. The van der Waals surface area contributed by atoms with Crippen LogP contribution in [0.3, 0.4) is 0 Å². The molecule has 2 aromatic rings. The molecule has 5 heteroatoms. The topological polar surface area (TPSA) is 63.7 Å². The van der Waals surface area contributed by atoms with Gasteiger partial charge in [0.1, 0.15) is 24.1 Å². The van der Waals surface area contributed by atoms with Crippen LogP contribution in [0, 0.1) is 25.2 Å². The van der Waals surface area contributed by atoms with Crippen LogP contribution in [0.5, 0.6) is 5.75 Å². The summed E-state index contributed by atoms with van der Waals surface area (Å²) in [6.07, 6.45) is 3.31. The van der Waals surface area contributed by atoms with Gasteiger partial charge in [-0.15, -0.1) is 5.10 Å². The Morgan fingerprint density at radius 3 is 2.82 bits per heavy atom. The van der Waals surface area contributed by atoms with Crippen LogP contribution in [0.25, 0.3) is 0 Å². The van der Waals surface area contributed by atoms with Gasteiger partial charge in [0.05, 0.1) is 0 Å². The number of hydrogen-bond donors (Lipinski definition) is 0. The third kappa shape index (κ3) is 3.64.